The average molecular weight is 486 g/mol. The van der Waals surface area contributed by atoms with Gasteiger partial charge < -0.3 is 19.8 Å². The number of alkyl halides is 3. The SMILES string of the molecule is O=C(NC1CCC(c2nnc(OCCOC(F)(F)F)o2)NC1)c1cnc2ccccc2c1Cl. The maximum atomic E-state index is 12.7. The van der Waals surface area contributed by atoms with Crippen LogP contribution in [0, 0.1) is 0 Å². The number of benzene rings is 1. The summed E-state index contributed by atoms with van der Waals surface area (Å²) in [7, 11) is 0. The zero-order chi connectivity index (χ0) is 23.4. The minimum absolute atomic E-state index is 0.158. The number of fused-ring (bicyclic) bond motifs is 1. The first-order valence-corrected chi connectivity index (χ1v) is 10.4. The second kappa shape index (κ2) is 9.89. The highest BCUT2D eigenvalue weighted by Gasteiger charge is 2.29. The van der Waals surface area contributed by atoms with Gasteiger partial charge in [0.15, 0.2) is 0 Å². The Hall–Kier alpha value is -2.96. The molecular formula is C20H19ClF3N5O4. The Balaban J connectivity index is 1.27. The summed E-state index contributed by atoms with van der Waals surface area (Å²) in [6, 6.07) is 6.86. The number of rotatable bonds is 7. The molecule has 1 aliphatic heterocycles. The maximum absolute atomic E-state index is 12.7. The molecule has 3 heterocycles. The normalized spacial score (nSPS) is 18.9. The monoisotopic (exact) mass is 485 g/mol. The second-order valence-corrected chi connectivity index (χ2v) is 7.64. The van der Waals surface area contributed by atoms with Gasteiger partial charge in [-0.3, -0.25) is 14.5 Å². The Bertz CT molecular complexity index is 1120. The lowest BCUT2D eigenvalue weighted by molar-refractivity contribution is -0.325. The van der Waals surface area contributed by atoms with E-state index < -0.39 is 13.0 Å². The first-order valence-electron chi connectivity index (χ1n) is 10.0. The molecule has 0 saturated carbocycles. The number of hydrogen-bond donors (Lipinski definition) is 2. The molecule has 0 radical (unpaired) electrons. The number of hydrogen-bond acceptors (Lipinski definition) is 8. The average Bonchev–Trinajstić information content (AvgIpc) is 3.26. The number of halogens is 4. The third kappa shape index (κ3) is 5.89. The molecule has 4 rings (SSSR count). The number of ether oxygens (including phenoxy) is 2. The van der Waals surface area contributed by atoms with Crippen molar-refractivity contribution in [3.05, 3.63) is 46.9 Å². The lowest BCUT2D eigenvalue weighted by atomic mass is 10.0. The zero-order valence-electron chi connectivity index (χ0n) is 17.1. The molecule has 0 bridgehead atoms. The number of aromatic nitrogens is 3. The summed E-state index contributed by atoms with van der Waals surface area (Å²) in [6.45, 7) is -0.645. The molecule has 0 spiro atoms. The van der Waals surface area contributed by atoms with Crippen LogP contribution in [0.5, 0.6) is 6.08 Å². The molecule has 1 aromatic carbocycles. The summed E-state index contributed by atoms with van der Waals surface area (Å²) in [4.78, 5) is 17.0. The van der Waals surface area contributed by atoms with Crippen molar-refractivity contribution in [3.63, 3.8) is 0 Å². The van der Waals surface area contributed by atoms with Crippen LogP contribution in [-0.2, 0) is 4.74 Å². The lowest BCUT2D eigenvalue weighted by Gasteiger charge is -2.28. The lowest BCUT2D eigenvalue weighted by Crippen LogP contribution is -2.46. The Morgan fingerprint density at radius 2 is 2.06 bits per heavy atom. The van der Waals surface area contributed by atoms with Crippen LogP contribution in [0.4, 0.5) is 13.2 Å². The van der Waals surface area contributed by atoms with Gasteiger partial charge in [0, 0.05) is 24.2 Å². The fraction of sp³-hybridized carbons (Fsp3) is 0.400. The quantitative estimate of drug-likeness (QED) is 0.490. The summed E-state index contributed by atoms with van der Waals surface area (Å²) >= 11 is 6.41. The van der Waals surface area contributed by atoms with Gasteiger partial charge in [0.1, 0.15) is 6.61 Å². The molecule has 0 aliphatic carbocycles. The number of amides is 1. The van der Waals surface area contributed by atoms with Crippen molar-refractivity contribution in [2.24, 2.45) is 0 Å². The molecule has 33 heavy (non-hydrogen) atoms. The number of carbonyl (C=O) groups excluding carboxylic acids is 1. The highest BCUT2D eigenvalue weighted by Crippen LogP contribution is 2.27. The van der Waals surface area contributed by atoms with E-state index in [0.717, 1.165) is 0 Å². The first kappa shape index (κ1) is 23.2. The van der Waals surface area contributed by atoms with Crippen LogP contribution in [0.25, 0.3) is 10.9 Å². The minimum atomic E-state index is -4.72. The number of pyridine rings is 1. The van der Waals surface area contributed by atoms with E-state index in [1.807, 2.05) is 18.2 Å². The molecule has 2 N–H and O–H groups in total. The third-order valence-corrected chi connectivity index (χ3v) is 5.41. The molecule has 1 aliphatic rings. The Labute approximate surface area is 190 Å². The highest BCUT2D eigenvalue weighted by molar-refractivity contribution is 6.38. The topological polar surface area (TPSA) is 111 Å². The predicted octanol–water partition coefficient (Wildman–Crippen LogP) is 3.41. The van der Waals surface area contributed by atoms with E-state index in [1.54, 1.807) is 6.07 Å². The van der Waals surface area contributed by atoms with Crippen molar-refractivity contribution in [2.45, 2.75) is 31.3 Å². The Kier molecular flexibility index (Phi) is 6.96. The molecule has 1 fully saturated rings. The van der Waals surface area contributed by atoms with Gasteiger partial charge in [-0.15, -0.1) is 18.3 Å². The smallest absolute Gasteiger partial charge is 0.447 e. The largest absolute Gasteiger partial charge is 0.522 e. The van der Waals surface area contributed by atoms with Crippen LogP contribution in [0.3, 0.4) is 0 Å². The van der Waals surface area contributed by atoms with Crippen molar-refractivity contribution >= 4 is 28.4 Å². The molecule has 9 nitrogen and oxygen atoms in total. The zero-order valence-corrected chi connectivity index (χ0v) is 17.8. The summed E-state index contributed by atoms with van der Waals surface area (Å²) in [5.74, 6) is -0.0775. The number of carbonyl (C=O) groups is 1. The molecule has 13 heteroatoms. The third-order valence-electron chi connectivity index (χ3n) is 5.00. The van der Waals surface area contributed by atoms with Crippen molar-refractivity contribution in [1.82, 2.24) is 25.8 Å². The Morgan fingerprint density at radius 3 is 2.82 bits per heavy atom. The molecule has 2 aromatic heterocycles. The highest BCUT2D eigenvalue weighted by atomic mass is 35.5. The van der Waals surface area contributed by atoms with E-state index in [9.17, 15) is 18.0 Å². The number of nitrogens with zero attached hydrogens (tertiary/aromatic N) is 3. The van der Waals surface area contributed by atoms with Crippen LogP contribution in [0.2, 0.25) is 5.02 Å². The van der Waals surface area contributed by atoms with Gasteiger partial charge in [-0.1, -0.05) is 34.9 Å². The van der Waals surface area contributed by atoms with Crippen LogP contribution in [0.1, 0.15) is 35.1 Å². The number of para-hydroxylation sites is 1. The van der Waals surface area contributed by atoms with Gasteiger partial charge in [0.05, 0.1) is 28.8 Å². The van der Waals surface area contributed by atoms with Gasteiger partial charge in [-0.2, -0.15) is 0 Å². The predicted molar refractivity (Wildman–Crippen MR) is 110 cm³/mol. The van der Waals surface area contributed by atoms with E-state index in [1.165, 1.54) is 6.20 Å². The number of nitrogens with one attached hydrogen (secondary N) is 2. The van der Waals surface area contributed by atoms with Crippen LogP contribution in [-0.4, -0.2) is 53.3 Å². The van der Waals surface area contributed by atoms with E-state index in [4.69, 9.17) is 20.8 Å². The van der Waals surface area contributed by atoms with Gasteiger partial charge in [0.2, 0.25) is 5.89 Å². The summed E-state index contributed by atoms with van der Waals surface area (Å²) in [6.07, 6.45) is -2.31. The summed E-state index contributed by atoms with van der Waals surface area (Å²) in [5.41, 5.74) is 1.00. The molecule has 3 aromatic rings. The van der Waals surface area contributed by atoms with E-state index in [0.29, 0.717) is 40.9 Å². The van der Waals surface area contributed by atoms with E-state index in [-0.39, 0.29) is 36.6 Å². The summed E-state index contributed by atoms with van der Waals surface area (Å²) in [5, 5.41) is 14.7. The van der Waals surface area contributed by atoms with Gasteiger partial charge in [-0.25, -0.2) is 0 Å². The van der Waals surface area contributed by atoms with Gasteiger partial charge in [0.25, 0.3) is 5.91 Å². The molecule has 2 unspecified atom stereocenters. The second-order valence-electron chi connectivity index (χ2n) is 7.26. The minimum Gasteiger partial charge on any atom is -0.447 e. The van der Waals surface area contributed by atoms with Crippen molar-refractivity contribution in [3.8, 4) is 6.08 Å². The van der Waals surface area contributed by atoms with Gasteiger partial charge >= 0.3 is 12.4 Å². The molecule has 1 saturated heterocycles. The van der Waals surface area contributed by atoms with Crippen LogP contribution >= 0.6 is 11.6 Å². The fourth-order valence-electron chi connectivity index (χ4n) is 3.43. The molecule has 1 amide bonds. The molecule has 176 valence electrons. The first-order chi connectivity index (χ1) is 15.8. The van der Waals surface area contributed by atoms with Crippen molar-refractivity contribution in [2.75, 3.05) is 19.8 Å². The van der Waals surface area contributed by atoms with E-state index in [2.05, 4.69) is 30.6 Å². The van der Waals surface area contributed by atoms with Crippen molar-refractivity contribution < 1.29 is 31.9 Å². The van der Waals surface area contributed by atoms with E-state index >= 15 is 0 Å². The van der Waals surface area contributed by atoms with Crippen LogP contribution < -0.4 is 15.4 Å². The van der Waals surface area contributed by atoms with Gasteiger partial charge in [-0.05, 0) is 18.9 Å². The van der Waals surface area contributed by atoms with Crippen LogP contribution in [0.15, 0.2) is 34.9 Å². The maximum Gasteiger partial charge on any atom is 0.522 e. The fourth-order valence-corrected chi connectivity index (χ4v) is 3.72. The molecular weight excluding hydrogens is 467 g/mol. The Morgan fingerprint density at radius 1 is 1.24 bits per heavy atom. The summed E-state index contributed by atoms with van der Waals surface area (Å²) < 4.78 is 49.7. The number of piperidine rings is 1. The standard InChI is InChI=1S/C20H19ClF3N5O4/c21-16-12-3-1-2-4-14(12)26-10-13(16)17(30)27-11-5-6-15(25-9-11)18-28-29-19(33-18)31-7-8-32-20(22,23)24/h1-4,10-11,15,25H,5-9H2,(H,27,30). The van der Waals surface area contributed by atoms with Crippen molar-refractivity contribution in [1.29, 1.82) is 0 Å². The molecule has 2 atom stereocenters.